The molecule has 2 aliphatic rings. The molecule has 9 heteroatoms. The maximum Gasteiger partial charge on any atom is 0.266 e. The van der Waals surface area contributed by atoms with Crippen LogP contribution in [0.5, 0.6) is 0 Å². The minimum atomic E-state index is -0.177. The SMILES string of the molecule is N#Cc1nc(-c2ccco2)oc1N1CCC(C(=O)NCC2(c3cccc(Cl)c3)CCOCC2)CC1. The molecule has 0 atom stereocenters. The molecule has 1 N–H and O–H groups in total. The van der Waals surface area contributed by atoms with Gasteiger partial charge in [-0.3, -0.25) is 4.79 Å². The maximum atomic E-state index is 13.1. The van der Waals surface area contributed by atoms with Crippen molar-refractivity contribution in [3.63, 3.8) is 0 Å². The molecular formula is C26H27ClN4O4. The van der Waals surface area contributed by atoms with Gasteiger partial charge in [0, 0.05) is 49.2 Å². The van der Waals surface area contributed by atoms with Gasteiger partial charge in [-0.1, -0.05) is 23.7 Å². The monoisotopic (exact) mass is 494 g/mol. The van der Waals surface area contributed by atoms with Crippen molar-refractivity contribution in [3.8, 4) is 17.7 Å². The van der Waals surface area contributed by atoms with Crippen LogP contribution in [0.2, 0.25) is 5.02 Å². The number of hydrogen-bond donors (Lipinski definition) is 1. The Labute approximate surface area is 208 Å². The van der Waals surface area contributed by atoms with E-state index in [1.807, 2.05) is 23.1 Å². The van der Waals surface area contributed by atoms with Gasteiger partial charge >= 0.3 is 0 Å². The van der Waals surface area contributed by atoms with Crippen LogP contribution in [0, 0.1) is 17.2 Å². The topological polar surface area (TPSA) is 105 Å². The molecule has 0 spiro atoms. The number of carbonyl (C=O) groups excluding carboxylic acids is 1. The third kappa shape index (κ3) is 4.93. The van der Waals surface area contributed by atoms with Crippen LogP contribution >= 0.6 is 11.6 Å². The third-order valence-electron chi connectivity index (χ3n) is 7.09. The Bertz CT molecular complexity index is 1200. The molecule has 8 nitrogen and oxygen atoms in total. The van der Waals surface area contributed by atoms with Crippen LogP contribution in [0.1, 0.15) is 36.9 Å². The van der Waals surface area contributed by atoms with E-state index in [1.54, 1.807) is 12.1 Å². The molecule has 0 saturated carbocycles. The first kappa shape index (κ1) is 23.5. The number of furan rings is 1. The number of piperidine rings is 1. The first-order valence-corrected chi connectivity index (χ1v) is 12.3. The number of amides is 1. The summed E-state index contributed by atoms with van der Waals surface area (Å²) in [7, 11) is 0. The molecule has 2 aliphatic heterocycles. The van der Waals surface area contributed by atoms with Gasteiger partial charge in [0.1, 0.15) is 6.07 Å². The van der Waals surface area contributed by atoms with Crippen molar-refractivity contribution < 1.29 is 18.4 Å². The number of rotatable bonds is 6. The van der Waals surface area contributed by atoms with Gasteiger partial charge in [-0.05, 0) is 55.5 Å². The number of ether oxygens (including phenoxy) is 1. The van der Waals surface area contributed by atoms with Crippen molar-refractivity contribution in [1.82, 2.24) is 10.3 Å². The van der Waals surface area contributed by atoms with Crippen molar-refractivity contribution in [1.29, 1.82) is 5.26 Å². The summed E-state index contributed by atoms with van der Waals surface area (Å²) in [5.74, 6) is 1.15. The highest BCUT2D eigenvalue weighted by molar-refractivity contribution is 6.30. The fourth-order valence-corrected chi connectivity index (χ4v) is 5.19. The number of anilines is 1. The van der Waals surface area contributed by atoms with E-state index in [9.17, 15) is 10.1 Å². The molecule has 0 aliphatic carbocycles. The van der Waals surface area contributed by atoms with E-state index in [-0.39, 0.29) is 28.8 Å². The number of hydrogen-bond acceptors (Lipinski definition) is 7. The molecule has 1 aromatic carbocycles. The second-order valence-electron chi connectivity index (χ2n) is 9.14. The number of carbonyl (C=O) groups is 1. The second kappa shape index (κ2) is 10.1. The summed E-state index contributed by atoms with van der Waals surface area (Å²) < 4.78 is 16.8. The molecule has 35 heavy (non-hydrogen) atoms. The summed E-state index contributed by atoms with van der Waals surface area (Å²) >= 11 is 6.27. The van der Waals surface area contributed by atoms with Gasteiger partial charge in [-0.25, -0.2) is 0 Å². The standard InChI is InChI=1S/C26H27ClN4O4/c27-20-4-1-3-19(15-20)26(8-13-33-14-9-26)17-29-23(32)18-6-10-31(11-7-18)25-21(16-28)30-24(35-25)22-5-2-12-34-22/h1-5,12,15,18H,6-11,13-14,17H2,(H,29,32). The lowest BCUT2D eigenvalue weighted by Crippen LogP contribution is -2.47. The summed E-state index contributed by atoms with van der Waals surface area (Å²) in [4.78, 5) is 19.4. The predicted molar refractivity (Wildman–Crippen MR) is 130 cm³/mol. The van der Waals surface area contributed by atoms with E-state index in [2.05, 4.69) is 22.4 Å². The van der Waals surface area contributed by atoms with E-state index in [0.29, 0.717) is 62.4 Å². The van der Waals surface area contributed by atoms with Crippen molar-refractivity contribution in [2.24, 2.45) is 5.92 Å². The van der Waals surface area contributed by atoms with Crippen LogP contribution in [0.3, 0.4) is 0 Å². The van der Waals surface area contributed by atoms with Crippen molar-refractivity contribution >= 4 is 23.4 Å². The lowest BCUT2D eigenvalue weighted by Gasteiger charge is -2.39. The Morgan fingerprint density at radius 2 is 2.03 bits per heavy atom. The van der Waals surface area contributed by atoms with E-state index in [0.717, 1.165) is 18.4 Å². The molecule has 4 heterocycles. The van der Waals surface area contributed by atoms with E-state index in [4.69, 9.17) is 25.2 Å². The number of benzene rings is 1. The lowest BCUT2D eigenvalue weighted by atomic mass is 9.74. The second-order valence-corrected chi connectivity index (χ2v) is 9.58. The smallest absolute Gasteiger partial charge is 0.266 e. The van der Waals surface area contributed by atoms with Gasteiger partial charge in [0.25, 0.3) is 5.89 Å². The zero-order valence-corrected chi connectivity index (χ0v) is 20.1. The summed E-state index contributed by atoms with van der Waals surface area (Å²) in [6.45, 7) is 3.10. The fourth-order valence-electron chi connectivity index (χ4n) is 5.00. The lowest BCUT2D eigenvalue weighted by molar-refractivity contribution is -0.126. The van der Waals surface area contributed by atoms with E-state index < -0.39 is 0 Å². The molecule has 5 rings (SSSR count). The number of oxazole rings is 1. The van der Waals surface area contributed by atoms with Gasteiger partial charge in [-0.2, -0.15) is 10.2 Å². The Morgan fingerprint density at radius 3 is 2.71 bits per heavy atom. The number of aromatic nitrogens is 1. The number of nitrogens with one attached hydrogen (secondary N) is 1. The first-order valence-electron chi connectivity index (χ1n) is 11.9. The van der Waals surface area contributed by atoms with Gasteiger partial charge in [0.2, 0.25) is 17.5 Å². The van der Waals surface area contributed by atoms with Crippen LogP contribution in [0.25, 0.3) is 11.7 Å². The van der Waals surface area contributed by atoms with Gasteiger partial charge in [0.15, 0.2) is 5.76 Å². The van der Waals surface area contributed by atoms with Gasteiger partial charge in [-0.15, -0.1) is 0 Å². The summed E-state index contributed by atoms with van der Waals surface area (Å²) in [5.41, 5.74) is 1.19. The Morgan fingerprint density at radius 1 is 1.23 bits per heavy atom. The number of halogens is 1. The first-order chi connectivity index (χ1) is 17.1. The summed E-state index contributed by atoms with van der Waals surface area (Å²) in [6, 6.07) is 13.5. The molecule has 182 valence electrons. The predicted octanol–water partition coefficient (Wildman–Crippen LogP) is 4.54. The molecule has 0 unspecified atom stereocenters. The average molecular weight is 495 g/mol. The number of nitrogens with zero attached hydrogens (tertiary/aromatic N) is 3. The quantitative estimate of drug-likeness (QED) is 0.536. The molecule has 1 amide bonds. The highest BCUT2D eigenvalue weighted by Crippen LogP contribution is 2.36. The van der Waals surface area contributed by atoms with Gasteiger partial charge in [0.05, 0.1) is 6.26 Å². The zero-order valence-electron chi connectivity index (χ0n) is 19.3. The Hall–Kier alpha value is -3.28. The normalized spacial score (nSPS) is 18.2. The van der Waals surface area contributed by atoms with Crippen LogP contribution < -0.4 is 10.2 Å². The highest BCUT2D eigenvalue weighted by atomic mass is 35.5. The largest absolute Gasteiger partial charge is 0.459 e. The van der Waals surface area contributed by atoms with Crippen molar-refractivity contribution in [3.05, 3.63) is 58.9 Å². The maximum absolute atomic E-state index is 13.1. The highest BCUT2D eigenvalue weighted by Gasteiger charge is 2.36. The van der Waals surface area contributed by atoms with E-state index in [1.165, 1.54) is 6.26 Å². The minimum Gasteiger partial charge on any atom is -0.459 e. The molecule has 0 bridgehead atoms. The van der Waals surface area contributed by atoms with Crippen molar-refractivity contribution in [2.75, 3.05) is 37.7 Å². The van der Waals surface area contributed by atoms with Crippen LogP contribution in [0.15, 0.2) is 51.5 Å². The Balaban J connectivity index is 1.21. The van der Waals surface area contributed by atoms with Crippen molar-refractivity contribution in [2.45, 2.75) is 31.1 Å². The summed E-state index contributed by atoms with van der Waals surface area (Å²) in [6.07, 6.45) is 4.55. The average Bonchev–Trinajstić information content (AvgIpc) is 3.58. The van der Waals surface area contributed by atoms with Crippen LogP contribution in [-0.4, -0.2) is 43.7 Å². The molecular weight excluding hydrogens is 468 g/mol. The van der Waals surface area contributed by atoms with Gasteiger partial charge < -0.3 is 23.8 Å². The zero-order chi connectivity index (χ0) is 24.3. The third-order valence-corrected chi connectivity index (χ3v) is 7.32. The molecule has 0 radical (unpaired) electrons. The molecule has 3 aromatic rings. The number of nitriles is 1. The molecule has 2 saturated heterocycles. The van der Waals surface area contributed by atoms with E-state index >= 15 is 0 Å². The molecule has 2 aromatic heterocycles. The fraction of sp³-hybridized carbons (Fsp3) is 0.423. The molecule has 2 fully saturated rings. The minimum absolute atomic E-state index is 0.0619. The van der Waals surface area contributed by atoms with Crippen LogP contribution in [-0.2, 0) is 14.9 Å². The Kier molecular flexibility index (Phi) is 6.80. The van der Waals surface area contributed by atoms with Crippen LogP contribution in [0.4, 0.5) is 5.88 Å². The summed E-state index contributed by atoms with van der Waals surface area (Å²) in [5, 5.41) is 13.4.